The highest BCUT2D eigenvalue weighted by Gasteiger charge is 2.03. The molecule has 0 amide bonds. The second kappa shape index (κ2) is 7.45. The summed E-state index contributed by atoms with van der Waals surface area (Å²) in [4.78, 5) is 0. The first-order chi connectivity index (χ1) is 7.33. The molecule has 0 N–H and O–H groups in total. The maximum absolute atomic E-state index is 5.40. The third-order valence-electron chi connectivity index (χ3n) is 1.82. The summed E-state index contributed by atoms with van der Waals surface area (Å²) in [7, 11) is 0. The van der Waals surface area contributed by atoms with Gasteiger partial charge in [0, 0.05) is 6.61 Å². The first-order valence-corrected chi connectivity index (χ1v) is 5.16. The number of hydrogen-bond donors (Lipinski definition) is 0. The molecule has 4 nitrogen and oxygen atoms in total. The normalized spacial score (nSPS) is 12.9. The van der Waals surface area contributed by atoms with Crippen molar-refractivity contribution in [2.45, 2.75) is 26.7 Å². The molecule has 0 radical (unpaired) electrons. The van der Waals surface area contributed by atoms with E-state index in [9.17, 15) is 0 Å². The number of hydrogen-bond acceptors (Lipinski definition) is 4. The van der Waals surface area contributed by atoms with Gasteiger partial charge in [0.2, 0.25) is 0 Å². The zero-order valence-corrected chi connectivity index (χ0v) is 9.27. The lowest BCUT2D eigenvalue weighted by molar-refractivity contribution is -0.148. The molecule has 1 atom stereocenters. The molecule has 0 saturated carbocycles. The lowest BCUT2D eigenvalue weighted by Gasteiger charge is -2.12. The van der Waals surface area contributed by atoms with E-state index in [4.69, 9.17) is 18.6 Å². The summed E-state index contributed by atoms with van der Waals surface area (Å²) in [6, 6.07) is 3.70. The molecular weight excluding hydrogens is 196 g/mol. The van der Waals surface area contributed by atoms with Crippen LogP contribution in [0.15, 0.2) is 22.8 Å². The van der Waals surface area contributed by atoms with Crippen LogP contribution in [-0.2, 0) is 20.8 Å². The molecule has 0 aliphatic rings. The Hall–Kier alpha value is -0.840. The second-order valence-electron chi connectivity index (χ2n) is 3.03. The zero-order valence-electron chi connectivity index (χ0n) is 9.27. The first-order valence-electron chi connectivity index (χ1n) is 5.16. The van der Waals surface area contributed by atoms with Gasteiger partial charge in [-0.25, -0.2) is 0 Å². The van der Waals surface area contributed by atoms with Crippen molar-refractivity contribution < 1.29 is 18.6 Å². The van der Waals surface area contributed by atoms with Crippen molar-refractivity contribution in [1.29, 1.82) is 0 Å². The van der Waals surface area contributed by atoms with Gasteiger partial charge in [-0.15, -0.1) is 0 Å². The summed E-state index contributed by atoms with van der Waals surface area (Å²) in [5.41, 5.74) is 0. The van der Waals surface area contributed by atoms with Crippen molar-refractivity contribution in [3.63, 3.8) is 0 Å². The standard InChI is InChI=1S/C11H18O4/c1-3-12-7-8-13-10(2)15-9-11-5-4-6-14-11/h4-6,10H,3,7-9H2,1-2H3. The van der Waals surface area contributed by atoms with Crippen LogP contribution in [-0.4, -0.2) is 26.1 Å². The van der Waals surface area contributed by atoms with E-state index in [0.29, 0.717) is 26.4 Å². The molecule has 1 aromatic rings. The molecule has 1 rings (SSSR count). The van der Waals surface area contributed by atoms with Gasteiger partial charge in [-0.3, -0.25) is 0 Å². The molecule has 0 fully saturated rings. The van der Waals surface area contributed by atoms with Crippen LogP contribution in [0, 0.1) is 0 Å². The predicted molar refractivity (Wildman–Crippen MR) is 55.4 cm³/mol. The summed E-state index contributed by atoms with van der Waals surface area (Å²) < 4.78 is 21.0. The van der Waals surface area contributed by atoms with Crippen molar-refractivity contribution >= 4 is 0 Å². The molecule has 1 unspecified atom stereocenters. The van der Waals surface area contributed by atoms with Crippen LogP contribution >= 0.6 is 0 Å². The summed E-state index contributed by atoms with van der Waals surface area (Å²) in [6.07, 6.45) is 1.38. The molecule has 0 aliphatic carbocycles. The van der Waals surface area contributed by atoms with Gasteiger partial charge in [0.25, 0.3) is 0 Å². The van der Waals surface area contributed by atoms with Crippen LogP contribution < -0.4 is 0 Å². The molecule has 15 heavy (non-hydrogen) atoms. The summed E-state index contributed by atoms with van der Waals surface area (Å²) >= 11 is 0. The molecule has 0 bridgehead atoms. The maximum Gasteiger partial charge on any atom is 0.155 e. The minimum Gasteiger partial charge on any atom is -0.467 e. The minimum absolute atomic E-state index is 0.240. The van der Waals surface area contributed by atoms with E-state index in [1.807, 2.05) is 26.0 Å². The topological polar surface area (TPSA) is 40.8 Å². The van der Waals surface area contributed by atoms with Crippen molar-refractivity contribution in [3.05, 3.63) is 24.2 Å². The average molecular weight is 214 g/mol. The molecule has 4 heteroatoms. The SMILES string of the molecule is CCOCCOC(C)OCc1ccco1. The number of furan rings is 1. The third kappa shape index (κ3) is 5.57. The summed E-state index contributed by atoms with van der Waals surface area (Å²) in [5, 5.41) is 0. The lowest BCUT2D eigenvalue weighted by Crippen LogP contribution is -2.16. The Morgan fingerprint density at radius 1 is 1.33 bits per heavy atom. The first kappa shape index (κ1) is 12.2. The van der Waals surface area contributed by atoms with E-state index in [1.54, 1.807) is 6.26 Å². The van der Waals surface area contributed by atoms with E-state index >= 15 is 0 Å². The third-order valence-corrected chi connectivity index (χ3v) is 1.82. The molecule has 0 aromatic carbocycles. The number of ether oxygens (including phenoxy) is 3. The Kier molecular flexibility index (Phi) is 6.08. The fraction of sp³-hybridized carbons (Fsp3) is 0.636. The van der Waals surface area contributed by atoms with Gasteiger partial charge in [-0.2, -0.15) is 0 Å². The van der Waals surface area contributed by atoms with Gasteiger partial charge >= 0.3 is 0 Å². The Morgan fingerprint density at radius 3 is 2.87 bits per heavy atom. The monoisotopic (exact) mass is 214 g/mol. The average Bonchev–Trinajstić information content (AvgIpc) is 2.74. The highest BCUT2D eigenvalue weighted by atomic mass is 16.7. The van der Waals surface area contributed by atoms with E-state index in [2.05, 4.69) is 0 Å². The Morgan fingerprint density at radius 2 is 2.20 bits per heavy atom. The molecule has 0 aliphatic heterocycles. The predicted octanol–water partition coefficient (Wildman–Crippen LogP) is 2.20. The fourth-order valence-corrected chi connectivity index (χ4v) is 1.06. The van der Waals surface area contributed by atoms with Crippen LogP contribution in [0.3, 0.4) is 0 Å². The zero-order chi connectivity index (χ0) is 10.9. The van der Waals surface area contributed by atoms with Crippen molar-refractivity contribution in [2.75, 3.05) is 19.8 Å². The molecule has 86 valence electrons. The fourth-order valence-electron chi connectivity index (χ4n) is 1.06. The van der Waals surface area contributed by atoms with Crippen LogP contribution in [0.25, 0.3) is 0 Å². The number of rotatable bonds is 8. The second-order valence-corrected chi connectivity index (χ2v) is 3.03. The van der Waals surface area contributed by atoms with Crippen molar-refractivity contribution in [2.24, 2.45) is 0 Å². The van der Waals surface area contributed by atoms with Gasteiger partial charge < -0.3 is 18.6 Å². The molecule has 1 heterocycles. The van der Waals surface area contributed by atoms with Crippen LogP contribution in [0.1, 0.15) is 19.6 Å². The van der Waals surface area contributed by atoms with Crippen LogP contribution in [0.2, 0.25) is 0 Å². The Balaban J connectivity index is 2.01. The van der Waals surface area contributed by atoms with Gasteiger partial charge in [0.05, 0.1) is 19.5 Å². The van der Waals surface area contributed by atoms with Gasteiger partial charge in [-0.05, 0) is 26.0 Å². The van der Waals surface area contributed by atoms with Crippen molar-refractivity contribution in [1.82, 2.24) is 0 Å². The van der Waals surface area contributed by atoms with E-state index in [0.717, 1.165) is 5.76 Å². The van der Waals surface area contributed by atoms with Gasteiger partial charge in [-0.1, -0.05) is 0 Å². The summed E-state index contributed by atoms with van der Waals surface area (Å²) in [6.45, 7) is 6.11. The summed E-state index contributed by atoms with van der Waals surface area (Å²) in [5.74, 6) is 0.801. The quantitative estimate of drug-likeness (QED) is 0.491. The molecule has 0 saturated heterocycles. The van der Waals surface area contributed by atoms with E-state index < -0.39 is 0 Å². The van der Waals surface area contributed by atoms with Gasteiger partial charge in [0.15, 0.2) is 6.29 Å². The Bertz CT molecular complexity index is 233. The smallest absolute Gasteiger partial charge is 0.155 e. The van der Waals surface area contributed by atoms with Crippen LogP contribution in [0.4, 0.5) is 0 Å². The van der Waals surface area contributed by atoms with Crippen LogP contribution in [0.5, 0.6) is 0 Å². The largest absolute Gasteiger partial charge is 0.467 e. The molecule has 0 spiro atoms. The maximum atomic E-state index is 5.40. The minimum atomic E-state index is -0.240. The van der Waals surface area contributed by atoms with E-state index in [-0.39, 0.29) is 6.29 Å². The highest BCUT2D eigenvalue weighted by Crippen LogP contribution is 2.04. The van der Waals surface area contributed by atoms with Gasteiger partial charge in [0.1, 0.15) is 12.4 Å². The lowest BCUT2D eigenvalue weighted by atomic mass is 10.5. The Labute approximate surface area is 90.1 Å². The van der Waals surface area contributed by atoms with Crippen molar-refractivity contribution in [3.8, 4) is 0 Å². The molecular formula is C11H18O4. The highest BCUT2D eigenvalue weighted by molar-refractivity contribution is 4.95. The molecule has 1 aromatic heterocycles. The van der Waals surface area contributed by atoms with E-state index in [1.165, 1.54) is 0 Å².